The summed E-state index contributed by atoms with van der Waals surface area (Å²) in [4.78, 5) is 0. The molecule has 1 nitrogen and oxygen atoms in total. The van der Waals surface area contributed by atoms with Crippen molar-refractivity contribution < 1.29 is 5.11 Å². The molecule has 0 radical (unpaired) electrons. The Bertz CT molecular complexity index is 504. The molecule has 0 spiro atoms. The predicted molar refractivity (Wildman–Crippen MR) is 90.6 cm³/mol. The van der Waals surface area contributed by atoms with Gasteiger partial charge in [-0.1, -0.05) is 37.6 Å². The van der Waals surface area contributed by atoms with Gasteiger partial charge in [-0.25, -0.2) is 0 Å². The zero-order valence-electron chi connectivity index (χ0n) is 14.1. The number of benzene rings is 1. The van der Waals surface area contributed by atoms with Crippen molar-refractivity contribution in [3.63, 3.8) is 0 Å². The van der Waals surface area contributed by atoms with Crippen molar-refractivity contribution in [2.45, 2.75) is 70.8 Å². The first-order valence-corrected chi connectivity index (χ1v) is 9.34. The maximum atomic E-state index is 11.6. The molecule has 0 heterocycles. The zero-order chi connectivity index (χ0) is 15.4. The number of hydrogen-bond donors (Lipinski definition) is 1. The van der Waals surface area contributed by atoms with E-state index in [1.54, 1.807) is 0 Å². The van der Waals surface area contributed by atoms with E-state index in [2.05, 4.69) is 38.1 Å². The summed E-state index contributed by atoms with van der Waals surface area (Å²) in [7, 11) is 0. The third kappa shape index (κ3) is 2.16. The van der Waals surface area contributed by atoms with E-state index in [9.17, 15) is 5.11 Å². The molecule has 1 N–H and O–H groups in total. The Labute approximate surface area is 135 Å². The quantitative estimate of drug-likeness (QED) is 0.823. The van der Waals surface area contributed by atoms with Crippen molar-refractivity contribution in [1.29, 1.82) is 0 Å². The number of aliphatic hydroxyl groups is 1. The average molecular weight is 298 g/mol. The fraction of sp³-hybridized carbons (Fsp3) is 0.714. The van der Waals surface area contributed by atoms with Crippen molar-refractivity contribution in [3.05, 3.63) is 35.4 Å². The average Bonchev–Trinajstić information content (AvgIpc) is 2.46. The van der Waals surface area contributed by atoms with E-state index in [0.717, 1.165) is 29.7 Å². The van der Waals surface area contributed by atoms with Gasteiger partial charge in [-0.2, -0.15) is 0 Å². The molecule has 0 aromatic heterocycles. The van der Waals surface area contributed by atoms with Gasteiger partial charge >= 0.3 is 0 Å². The first kappa shape index (κ1) is 14.8. The molecule has 4 aliphatic carbocycles. The molecule has 120 valence electrons. The highest BCUT2D eigenvalue weighted by Gasteiger charge is 2.58. The number of rotatable bonds is 4. The van der Waals surface area contributed by atoms with Crippen LogP contribution < -0.4 is 0 Å². The van der Waals surface area contributed by atoms with Crippen LogP contribution in [0, 0.1) is 23.2 Å². The van der Waals surface area contributed by atoms with Gasteiger partial charge in [0.15, 0.2) is 0 Å². The van der Waals surface area contributed by atoms with Crippen LogP contribution in [0.3, 0.4) is 0 Å². The highest BCUT2D eigenvalue weighted by atomic mass is 16.3. The van der Waals surface area contributed by atoms with E-state index in [1.807, 2.05) is 0 Å². The molecule has 1 atom stereocenters. The third-order valence-electron chi connectivity index (χ3n) is 7.13. The monoisotopic (exact) mass is 298 g/mol. The SMILES string of the molecule is CCCc1ccc(C(C)(O)C23CC4CC(CC(C4)C2)C3)cc1. The minimum atomic E-state index is -0.659. The van der Waals surface area contributed by atoms with Crippen LogP contribution >= 0.6 is 0 Å². The number of aryl methyl sites for hydroxylation is 1. The second kappa shape index (κ2) is 5.09. The molecule has 1 unspecified atom stereocenters. The molecule has 4 aliphatic rings. The Morgan fingerprint density at radius 2 is 1.50 bits per heavy atom. The highest BCUT2D eigenvalue weighted by molar-refractivity contribution is 5.30. The molecule has 5 rings (SSSR count). The lowest BCUT2D eigenvalue weighted by Crippen LogP contribution is -2.55. The van der Waals surface area contributed by atoms with Crippen LogP contribution in [0.4, 0.5) is 0 Å². The number of hydrogen-bond acceptors (Lipinski definition) is 1. The fourth-order valence-corrected chi connectivity index (χ4v) is 6.30. The van der Waals surface area contributed by atoms with E-state index >= 15 is 0 Å². The van der Waals surface area contributed by atoms with Crippen LogP contribution in [0.1, 0.15) is 69.9 Å². The Morgan fingerprint density at radius 3 is 1.95 bits per heavy atom. The Morgan fingerprint density at radius 1 is 1.00 bits per heavy atom. The maximum Gasteiger partial charge on any atom is 0.0924 e. The minimum Gasteiger partial charge on any atom is -0.385 e. The van der Waals surface area contributed by atoms with Gasteiger partial charge in [-0.05, 0) is 80.8 Å². The summed E-state index contributed by atoms with van der Waals surface area (Å²) in [6.07, 6.45) is 10.4. The van der Waals surface area contributed by atoms with Crippen LogP contribution in [0.2, 0.25) is 0 Å². The summed E-state index contributed by atoms with van der Waals surface area (Å²) in [6, 6.07) is 8.86. The Hall–Kier alpha value is -0.820. The fourth-order valence-electron chi connectivity index (χ4n) is 6.30. The molecule has 4 saturated carbocycles. The summed E-state index contributed by atoms with van der Waals surface area (Å²) in [5, 5.41) is 11.6. The summed E-state index contributed by atoms with van der Waals surface area (Å²) in [5.74, 6) is 2.66. The zero-order valence-corrected chi connectivity index (χ0v) is 14.1. The van der Waals surface area contributed by atoms with Gasteiger partial charge in [0, 0.05) is 5.41 Å². The lowest BCUT2D eigenvalue weighted by atomic mass is 9.45. The summed E-state index contributed by atoms with van der Waals surface area (Å²) in [5.41, 5.74) is 2.03. The van der Waals surface area contributed by atoms with Crippen molar-refractivity contribution >= 4 is 0 Å². The van der Waals surface area contributed by atoms with Gasteiger partial charge in [0.25, 0.3) is 0 Å². The van der Waals surface area contributed by atoms with Crippen molar-refractivity contribution in [3.8, 4) is 0 Å². The van der Waals surface area contributed by atoms with E-state index in [4.69, 9.17) is 0 Å². The van der Waals surface area contributed by atoms with Gasteiger partial charge < -0.3 is 5.11 Å². The molecule has 0 saturated heterocycles. The van der Waals surface area contributed by atoms with Crippen molar-refractivity contribution in [2.75, 3.05) is 0 Å². The van der Waals surface area contributed by atoms with E-state index in [0.29, 0.717) is 0 Å². The van der Waals surface area contributed by atoms with Crippen LogP contribution in [0.15, 0.2) is 24.3 Å². The summed E-state index contributed by atoms with van der Waals surface area (Å²) in [6.45, 7) is 4.33. The highest BCUT2D eigenvalue weighted by Crippen LogP contribution is 2.65. The largest absolute Gasteiger partial charge is 0.385 e. The molecule has 22 heavy (non-hydrogen) atoms. The predicted octanol–water partition coefficient (Wildman–Crippen LogP) is 5.06. The van der Waals surface area contributed by atoms with Gasteiger partial charge in [0.05, 0.1) is 5.60 Å². The first-order valence-electron chi connectivity index (χ1n) is 9.34. The van der Waals surface area contributed by atoms with Gasteiger partial charge in [0.2, 0.25) is 0 Å². The molecule has 1 aromatic rings. The standard InChI is InChI=1S/C21H30O/c1-3-4-15-5-7-19(8-6-15)20(2,22)21-12-16-9-17(13-21)11-18(10-16)14-21/h5-8,16-18,22H,3-4,9-14H2,1-2H3. The molecule has 4 fully saturated rings. The van der Waals surface area contributed by atoms with Crippen molar-refractivity contribution in [2.24, 2.45) is 23.2 Å². The van der Waals surface area contributed by atoms with E-state index in [-0.39, 0.29) is 5.41 Å². The van der Waals surface area contributed by atoms with E-state index in [1.165, 1.54) is 50.5 Å². The molecule has 0 aliphatic heterocycles. The molecular formula is C21H30O. The lowest BCUT2D eigenvalue weighted by Gasteiger charge is -2.61. The second-order valence-corrected chi connectivity index (χ2v) is 8.72. The maximum absolute atomic E-state index is 11.6. The van der Waals surface area contributed by atoms with Crippen LogP contribution in [-0.4, -0.2) is 5.11 Å². The third-order valence-corrected chi connectivity index (χ3v) is 7.13. The van der Waals surface area contributed by atoms with Gasteiger partial charge in [0.1, 0.15) is 0 Å². The second-order valence-electron chi connectivity index (χ2n) is 8.72. The summed E-state index contributed by atoms with van der Waals surface area (Å²) < 4.78 is 0. The first-order chi connectivity index (χ1) is 10.5. The molecule has 0 amide bonds. The molecule has 1 aromatic carbocycles. The van der Waals surface area contributed by atoms with Crippen LogP contribution in [-0.2, 0) is 12.0 Å². The smallest absolute Gasteiger partial charge is 0.0924 e. The molecular weight excluding hydrogens is 268 g/mol. The van der Waals surface area contributed by atoms with E-state index < -0.39 is 5.60 Å². The minimum absolute atomic E-state index is 0.147. The topological polar surface area (TPSA) is 20.2 Å². The molecule has 4 bridgehead atoms. The Kier molecular flexibility index (Phi) is 3.41. The van der Waals surface area contributed by atoms with Crippen molar-refractivity contribution in [1.82, 2.24) is 0 Å². The normalized spacial score (nSPS) is 39.0. The van der Waals surface area contributed by atoms with Crippen LogP contribution in [0.5, 0.6) is 0 Å². The van der Waals surface area contributed by atoms with Gasteiger partial charge in [-0.15, -0.1) is 0 Å². The Balaban J connectivity index is 1.65. The lowest BCUT2D eigenvalue weighted by molar-refractivity contribution is -0.176. The molecule has 1 heteroatoms. The summed E-state index contributed by atoms with van der Waals surface area (Å²) >= 11 is 0. The van der Waals surface area contributed by atoms with Crippen LogP contribution in [0.25, 0.3) is 0 Å². The van der Waals surface area contributed by atoms with Gasteiger partial charge in [-0.3, -0.25) is 0 Å².